The van der Waals surface area contributed by atoms with E-state index in [9.17, 15) is 4.79 Å². The van der Waals surface area contributed by atoms with Crippen molar-refractivity contribution in [3.63, 3.8) is 0 Å². The molecule has 0 aromatic carbocycles. The Balaban J connectivity index is 1.80. The summed E-state index contributed by atoms with van der Waals surface area (Å²) < 4.78 is 5.30. The van der Waals surface area contributed by atoms with Crippen LogP contribution in [0.4, 0.5) is 0 Å². The Morgan fingerprint density at radius 1 is 1.17 bits per heavy atom. The highest BCUT2D eigenvalue weighted by Gasteiger charge is 2.26. The highest BCUT2D eigenvalue weighted by molar-refractivity contribution is 5.81. The predicted octanol–water partition coefficient (Wildman–Crippen LogP) is 1.22. The molecule has 130 valence electrons. The quantitative estimate of drug-likeness (QED) is 0.848. The van der Waals surface area contributed by atoms with Crippen LogP contribution in [0.3, 0.4) is 0 Å². The Morgan fingerprint density at radius 2 is 1.83 bits per heavy atom. The van der Waals surface area contributed by atoms with Gasteiger partial charge in [0.1, 0.15) is 0 Å². The number of carbonyl (C=O) groups excluding carboxylic acids is 1. The Kier molecular flexibility index (Phi) is 6.12. The fourth-order valence-electron chi connectivity index (χ4n) is 2.64. The molecule has 7 heteroatoms. The first-order chi connectivity index (χ1) is 10.9. The van der Waals surface area contributed by atoms with E-state index in [1.165, 1.54) is 0 Å². The standard InChI is InChI=1S/C16H29N5O2/c1-11(2)15-18-14(23-19-15)10-20-6-8-21(9-7-20)13(5)16(22)17-12(3)4/h11-13H,6-10H2,1-5H3,(H,17,22). The number of aromatic nitrogens is 2. The fraction of sp³-hybridized carbons (Fsp3) is 0.812. The number of rotatable bonds is 6. The largest absolute Gasteiger partial charge is 0.353 e. The molecule has 0 spiro atoms. The molecule has 0 radical (unpaired) electrons. The number of amides is 1. The van der Waals surface area contributed by atoms with Crippen LogP contribution in [0.15, 0.2) is 4.52 Å². The van der Waals surface area contributed by atoms with E-state index in [1.54, 1.807) is 0 Å². The molecule has 1 unspecified atom stereocenters. The first kappa shape index (κ1) is 17.9. The summed E-state index contributed by atoms with van der Waals surface area (Å²) >= 11 is 0. The maximum Gasteiger partial charge on any atom is 0.240 e. The molecule has 1 N–H and O–H groups in total. The van der Waals surface area contributed by atoms with Crippen molar-refractivity contribution in [1.82, 2.24) is 25.3 Å². The van der Waals surface area contributed by atoms with Crippen molar-refractivity contribution < 1.29 is 9.32 Å². The van der Waals surface area contributed by atoms with Gasteiger partial charge in [-0.3, -0.25) is 14.6 Å². The average molecular weight is 323 g/mol. The Bertz CT molecular complexity index is 506. The predicted molar refractivity (Wildman–Crippen MR) is 88.0 cm³/mol. The molecule has 1 saturated heterocycles. The summed E-state index contributed by atoms with van der Waals surface area (Å²) in [5.74, 6) is 1.82. The van der Waals surface area contributed by atoms with Crippen molar-refractivity contribution in [3.8, 4) is 0 Å². The highest BCUT2D eigenvalue weighted by Crippen LogP contribution is 2.13. The second-order valence-electron chi connectivity index (χ2n) is 6.85. The van der Waals surface area contributed by atoms with Crippen molar-refractivity contribution in [2.45, 2.75) is 59.2 Å². The van der Waals surface area contributed by atoms with Gasteiger partial charge in [0.25, 0.3) is 0 Å². The molecule has 1 aromatic heterocycles. The lowest BCUT2D eigenvalue weighted by Gasteiger charge is -2.37. The van der Waals surface area contributed by atoms with E-state index in [1.807, 2.05) is 20.8 Å². The smallest absolute Gasteiger partial charge is 0.240 e. The molecule has 2 rings (SSSR count). The number of hydrogen-bond acceptors (Lipinski definition) is 6. The van der Waals surface area contributed by atoms with Gasteiger partial charge in [-0.15, -0.1) is 0 Å². The second-order valence-corrected chi connectivity index (χ2v) is 6.85. The Hall–Kier alpha value is -1.47. The van der Waals surface area contributed by atoms with Crippen LogP contribution in [0.1, 0.15) is 52.3 Å². The van der Waals surface area contributed by atoms with Gasteiger partial charge in [-0.1, -0.05) is 19.0 Å². The van der Waals surface area contributed by atoms with E-state index in [0.29, 0.717) is 12.4 Å². The molecule has 1 fully saturated rings. The van der Waals surface area contributed by atoms with Gasteiger partial charge < -0.3 is 9.84 Å². The number of carbonyl (C=O) groups is 1. The molecule has 0 aliphatic carbocycles. The van der Waals surface area contributed by atoms with E-state index in [0.717, 1.165) is 32.0 Å². The van der Waals surface area contributed by atoms with Crippen LogP contribution in [0.5, 0.6) is 0 Å². The van der Waals surface area contributed by atoms with Gasteiger partial charge in [0.2, 0.25) is 11.8 Å². The Morgan fingerprint density at radius 3 is 2.35 bits per heavy atom. The van der Waals surface area contributed by atoms with Crippen LogP contribution < -0.4 is 5.32 Å². The van der Waals surface area contributed by atoms with E-state index >= 15 is 0 Å². The van der Waals surface area contributed by atoms with E-state index < -0.39 is 0 Å². The molecule has 0 saturated carbocycles. The molecule has 23 heavy (non-hydrogen) atoms. The van der Waals surface area contributed by atoms with Gasteiger partial charge in [-0.2, -0.15) is 4.98 Å². The minimum Gasteiger partial charge on any atom is -0.353 e. The van der Waals surface area contributed by atoms with E-state index in [4.69, 9.17) is 4.52 Å². The van der Waals surface area contributed by atoms with Crippen LogP contribution in [-0.4, -0.2) is 64.1 Å². The van der Waals surface area contributed by atoms with Gasteiger partial charge >= 0.3 is 0 Å². The number of nitrogens with one attached hydrogen (secondary N) is 1. The minimum absolute atomic E-state index is 0.0875. The molecule has 1 aliphatic heterocycles. The molecule has 1 aromatic rings. The average Bonchev–Trinajstić information content (AvgIpc) is 2.95. The van der Waals surface area contributed by atoms with Crippen LogP contribution in [0.25, 0.3) is 0 Å². The van der Waals surface area contributed by atoms with Crippen LogP contribution in [-0.2, 0) is 11.3 Å². The lowest BCUT2D eigenvalue weighted by atomic mass is 10.2. The highest BCUT2D eigenvalue weighted by atomic mass is 16.5. The summed E-state index contributed by atoms with van der Waals surface area (Å²) in [5.41, 5.74) is 0. The van der Waals surface area contributed by atoms with Gasteiger partial charge in [0.15, 0.2) is 5.82 Å². The van der Waals surface area contributed by atoms with Crippen molar-refractivity contribution in [3.05, 3.63) is 11.7 Å². The van der Waals surface area contributed by atoms with Crippen molar-refractivity contribution in [1.29, 1.82) is 0 Å². The third-order valence-electron chi connectivity index (χ3n) is 4.12. The van der Waals surface area contributed by atoms with Gasteiger partial charge in [0.05, 0.1) is 12.6 Å². The number of nitrogens with zero attached hydrogens (tertiary/aromatic N) is 4. The SMILES string of the molecule is CC(C)NC(=O)C(C)N1CCN(Cc2nc(C(C)C)no2)CC1. The zero-order valence-electron chi connectivity index (χ0n) is 14.9. The second kappa shape index (κ2) is 7.88. The van der Waals surface area contributed by atoms with Gasteiger partial charge in [-0.25, -0.2) is 0 Å². The maximum atomic E-state index is 12.1. The van der Waals surface area contributed by atoms with Crippen LogP contribution in [0.2, 0.25) is 0 Å². The van der Waals surface area contributed by atoms with E-state index in [2.05, 4.69) is 39.1 Å². The minimum atomic E-state index is -0.0875. The maximum absolute atomic E-state index is 12.1. The molecule has 1 aliphatic rings. The summed E-state index contributed by atoms with van der Waals surface area (Å²) in [6.07, 6.45) is 0. The third kappa shape index (κ3) is 5.00. The molecule has 1 atom stereocenters. The molecule has 1 amide bonds. The summed E-state index contributed by atoms with van der Waals surface area (Å²) in [6, 6.07) is 0.0921. The first-order valence-electron chi connectivity index (χ1n) is 8.46. The van der Waals surface area contributed by atoms with E-state index in [-0.39, 0.29) is 23.9 Å². The zero-order valence-corrected chi connectivity index (χ0v) is 14.9. The van der Waals surface area contributed by atoms with Gasteiger partial charge in [-0.05, 0) is 20.8 Å². The summed E-state index contributed by atoms with van der Waals surface area (Å²) in [7, 11) is 0. The molecule has 2 heterocycles. The third-order valence-corrected chi connectivity index (χ3v) is 4.12. The normalized spacial score (nSPS) is 18.6. The zero-order chi connectivity index (χ0) is 17.0. The monoisotopic (exact) mass is 323 g/mol. The fourth-order valence-corrected chi connectivity index (χ4v) is 2.64. The summed E-state index contributed by atoms with van der Waals surface area (Å²) in [6.45, 7) is 14.3. The van der Waals surface area contributed by atoms with Crippen molar-refractivity contribution in [2.75, 3.05) is 26.2 Å². The van der Waals surface area contributed by atoms with Crippen LogP contribution in [0, 0.1) is 0 Å². The van der Waals surface area contributed by atoms with Gasteiger partial charge in [0, 0.05) is 38.1 Å². The lowest BCUT2D eigenvalue weighted by molar-refractivity contribution is -0.127. The van der Waals surface area contributed by atoms with Crippen LogP contribution >= 0.6 is 0 Å². The number of hydrogen-bond donors (Lipinski definition) is 1. The topological polar surface area (TPSA) is 74.5 Å². The molecular formula is C16H29N5O2. The summed E-state index contributed by atoms with van der Waals surface area (Å²) in [4.78, 5) is 21.0. The molecule has 7 nitrogen and oxygen atoms in total. The number of piperazine rings is 1. The molecule has 0 bridgehead atoms. The lowest BCUT2D eigenvalue weighted by Crippen LogP contribution is -2.54. The first-order valence-corrected chi connectivity index (χ1v) is 8.46. The van der Waals surface area contributed by atoms with Crippen molar-refractivity contribution >= 4 is 5.91 Å². The molecular weight excluding hydrogens is 294 g/mol. The summed E-state index contributed by atoms with van der Waals surface area (Å²) in [5, 5.41) is 6.98. The Labute approximate surface area is 138 Å². The van der Waals surface area contributed by atoms with Crippen molar-refractivity contribution in [2.24, 2.45) is 0 Å².